The lowest BCUT2D eigenvalue weighted by Gasteiger charge is -2.17. The third-order valence-corrected chi connectivity index (χ3v) is 6.31. The summed E-state index contributed by atoms with van der Waals surface area (Å²) in [5, 5.41) is 3.82. The number of nitrogens with zero attached hydrogens (tertiary/aromatic N) is 1. The molecule has 2 aromatic rings. The zero-order valence-electron chi connectivity index (χ0n) is 17.4. The number of carbonyl (C=O) groups is 4. The Balaban J connectivity index is 1.50. The molecule has 1 atom stereocenters. The maximum atomic E-state index is 12.3. The molecule has 168 valence electrons. The number of esters is 1. The minimum absolute atomic E-state index is 0.0213. The zero-order valence-corrected chi connectivity index (χ0v) is 20.6. The molecule has 1 aliphatic heterocycles. The number of amides is 3. The van der Waals surface area contributed by atoms with E-state index in [1.807, 2.05) is 26.0 Å². The van der Waals surface area contributed by atoms with E-state index in [0.29, 0.717) is 11.3 Å². The Hall–Kier alpha value is -2.72. The van der Waals surface area contributed by atoms with Crippen molar-refractivity contribution in [1.29, 1.82) is 0 Å². The molecule has 10 heteroatoms. The molecule has 1 aliphatic rings. The standard InChI is InChI=1S/C22H21Br2N3O5/c1-12-8-18(13(2)7-17(12)24)25-19(28)11-32-22(31)15-9-20(29)27(10-15)26-21(30)14-3-5-16(23)6-4-14/h3-8,15H,9-11H2,1-2H3,(H,25,28)(H,26,30)/t15-/m0/s1. The first-order valence-corrected chi connectivity index (χ1v) is 11.3. The number of anilines is 1. The smallest absolute Gasteiger partial charge is 0.311 e. The number of hydrogen-bond donors (Lipinski definition) is 2. The normalized spacial score (nSPS) is 15.4. The molecule has 0 aromatic heterocycles. The number of rotatable bonds is 6. The van der Waals surface area contributed by atoms with Crippen molar-refractivity contribution < 1.29 is 23.9 Å². The number of benzene rings is 2. The van der Waals surface area contributed by atoms with Gasteiger partial charge >= 0.3 is 5.97 Å². The van der Waals surface area contributed by atoms with Gasteiger partial charge in [-0.05, 0) is 61.4 Å². The van der Waals surface area contributed by atoms with E-state index in [1.165, 1.54) is 0 Å². The Labute approximate surface area is 201 Å². The average molecular weight is 567 g/mol. The van der Waals surface area contributed by atoms with Crippen LogP contribution in [0.5, 0.6) is 0 Å². The maximum absolute atomic E-state index is 12.3. The second-order valence-electron chi connectivity index (χ2n) is 7.43. The molecule has 8 nitrogen and oxygen atoms in total. The molecule has 3 rings (SSSR count). The lowest BCUT2D eigenvalue weighted by atomic mass is 10.1. The summed E-state index contributed by atoms with van der Waals surface area (Å²) in [5.41, 5.74) is 5.33. The van der Waals surface area contributed by atoms with E-state index in [1.54, 1.807) is 24.3 Å². The third-order valence-electron chi connectivity index (χ3n) is 4.93. The Morgan fingerprint density at radius 2 is 1.78 bits per heavy atom. The largest absolute Gasteiger partial charge is 0.455 e. The monoisotopic (exact) mass is 565 g/mol. The number of aryl methyl sites for hydroxylation is 2. The predicted octanol–water partition coefficient (Wildman–Crippen LogP) is 3.50. The van der Waals surface area contributed by atoms with Crippen molar-refractivity contribution in [2.45, 2.75) is 20.3 Å². The van der Waals surface area contributed by atoms with Gasteiger partial charge in [-0.2, -0.15) is 0 Å². The summed E-state index contributed by atoms with van der Waals surface area (Å²) in [4.78, 5) is 49.0. The lowest BCUT2D eigenvalue weighted by Crippen LogP contribution is -2.43. The Kier molecular flexibility index (Phi) is 7.68. The second kappa shape index (κ2) is 10.3. The lowest BCUT2D eigenvalue weighted by molar-refractivity contribution is -0.151. The molecule has 1 saturated heterocycles. The Morgan fingerprint density at radius 3 is 2.47 bits per heavy atom. The molecular weight excluding hydrogens is 546 g/mol. The minimum atomic E-state index is -0.767. The highest BCUT2D eigenvalue weighted by Gasteiger charge is 2.36. The third kappa shape index (κ3) is 5.95. The van der Waals surface area contributed by atoms with E-state index in [0.717, 1.165) is 25.1 Å². The van der Waals surface area contributed by atoms with Crippen LogP contribution >= 0.6 is 31.9 Å². The fourth-order valence-corrected chi connectivity index (χ4v) is 3.84. The van der Waals surface area contributed by atoms with Crippen molar-refractivity contribution in [2.75, 3.05) is 18.5 Å². The van der Waals surface area contributed by atoms with E-state index >= 15 is 0 Å². The van der Waals surface area contributed by atoms with Gasteiger partial charge in [-0.1, -0.05) is 31.9 Å². The van der Waals surface area contributed by atoms with E-state index < -0.39 is 36.2 Å². The van der Waals surface area contributed by atoms with Crippen LogP contribution in [0, 0.1) is 19.8 Å². The average Bonchev–Trinajstić information content (AvgIpc) is 3.11. The first kappa shape index (κ1) is 23.9. The maximum Gasteiger partial charge on any atom is 0.311 e. The molecule has 0 bridgehead atoms. The van der Waals surface area contributed by atoms with E-state index in [4.69, 9.17) is 4.74 Å². The Bertz CT molecular complexity index is 1070. The van der Waals surface area contributed by atoms with Crippen LogP contribution in [0.25, 0.3) is 0 Å². The van der Waals surface area contributed by atoms with Crippen LogP contribution in [-0.2, 0) is 19.1 Å². The SMILES string of the molecule is Cc1cc(NC(=O)COC(=O)[C@H]2CC(=O)N(NC(=O)c3ccc(Br)cc3)C2)c(C)cc1Br. The number of nitrogens with one attached hydrogen (secondary N) is 2. The topological polar surface area (TPSA) is 105 Å². The van der Waals surface area contributed by atoms with E-state index in [2.05, 4.69) is 42.6 Å². The molecule has 2 N–H and O–H groups in total. The number of ether oxygens (including phenoxy) is 1. The summed E-state index contributed by atoms with van der Waals surface area (Å²) in [6, 6.07) is 10.4. The summed E-state index contributed by atoms with van der Waals surface area (Å²) < 4.78 is 6.85. The number of halogens is 2. The van der Waals surface area contributed by atoms with E-state index in [-0.39, 0.29) is 13.0 Å². The molecule has 3 amide bonds. The number of carbonyl (C=O) groups excluding carboxylic acids is 4. The van der Waals surface area contributed by atoms with Crippen molar-refractivity contribution in [3.05, 3.63) is 62.0 Å². The molecule has 0 spiro atoms. The van der Waals surface area contributed by atoms with Gasteiger partial charge in [0.15, 0.2) is 6.61 Å². The van der Waals surface area contributed by atoms with Crippen LogP contribution in [0.1, 0.15) is 27.9 Å². The van der Waals surface area contributed by atoms with Crippen molar-refractivity contribution >= 4 is 61.2 Å². The molecule has 0 aliphatic carbocycles. The van der Waals surface area contributed by atoms with Gasteiger partial charge in [0.25, 0.3) is 11.8 Å². The van der Waals surface area contributed by atoms with Crippen LogP contribution in [0.2, 0.25) is 0 Å². The highest BCUT2D eigenvalue weighted by molar-refractivity contribution is 9.10. The van der Waals surface area contributed by atoms with Crippen molar-refractivity contribution in [3.8, 4) is 0 Å². The quantitative estimate of drug-likeness (QED) is 0.521. The summed E-state index contributed by atoms with van der Waals surface area (Å²) in [6.45, 7) is 3.26. The van der Waals surface area contributed by atoms with Crippen LogP contribution < -0.4 is 10.7 Å². The second-order valence-corrected chi connectivity index (χ2v) is 9.20. The summed E-state index contributed by atoms with van der Waals surface area (Å²) in [6.07, 6.45) is -0.105. The van der Waals surface area contributed by atoms with Gasteiger partial charge in [-0.15, -0.1) is 0 Å². The first-order valence-electron chi connectivity index (χ1n) is 9.74. The fourth-order valence-electron chi connectivity index (χ4n) is 3.12. The van der Waals surface area contributed by atoms with Crippen molar-refractivity contribution in [1.82, 2.24) is 10.4 Å². The van der Waals surface area contributed by atoms with Crippen molar-refractivity contribution in [3.63, 3.8) is 0 Å². The molecule has 1 heterocycles. The Morgan fingerprint density at radius 1 is 1.09 bits per heavy atom. The van der Waals surface area contributed by atoms with Gasteiger partial charge in [-0.25, -0.2) is 0 Å². The molecule has 0 radical (unpaired) electrons. The van der Waals surface area contributed by atoms with Crippen molar-refractivity contribution in [2.24, 2.45) is 5.92 Å². The van der Waals surface area contributed by atoms with Crippen LogP contribution in [0.4, 0.5) is 5.69 Å². The molecular formula is C22H21Br2N3O5. The summed E-state index contributed by atoms with van der Waals surface area (Å²) in [7, 11) is 0. The number of hydrazine groups is 1. The predicted molar refractivity (Wildman–Crippen MR) is 125 cm³/mol. The molecule has 1 fully saturated rings. The van der Waals surface area contributed by atoms with Gasteiger partial charge in [-0.3, -0.25) is 29.6 Å². The van der Waals surface area contributed by atoms with Crippen LogP contribution in [-0.4, -0.2) is 41.9 Å². The van der Waals surface area contributed by atoms with Gasteiger partial charge in [0, 0.05) is 26.6 Å². The zero-order chi connectivity index (χ0) is 23.4. The highest BCUT2D eigenvalue weighted by atomic mass is 79.9. The van der Waals surface area contributed by atoms with Gasteiger partial charge < -0.3 is 10.1 Å². The minimum Gasteiger partial charge on any atom is -0.455 e. The van der Waals surface area contributed by atoms with Gasteiger partial charge in [0.1, 0.15) is 0 Å². The van der Waals surface area contributed by atoms with Crippen LogP contribution in [0.15, 0.2) is 45.3 Å². The van der Waals surface area contributed by atoms with Crippen LogP contribution in [0.3, 0.4) is 0 Å². The summed E-state index contributed by atoms with van der Waals surface area (Å²) >= 11 is 6.72. The molecule has 0 unspecified atom stereocenters. The van der Waals surface area contributed by atoms with Gasteiger partial charge in [0.05, 0.1) is 12.5 Å². The van der Waals surface area contributed by atoms with Gasteiger partial charge in [0.2, 0.25) is 5.91 Å². The molecule has 32 heavy (non-hydrogen) atoms. The first-order chi connectivity index (χ1) is 15.1. The summed E-state index contributed by atoms with van der Waals surface area (Å²) in [5.74, 6) is -2.77. The fraction of sp³-hybridized carbons (Fsp3) is 0.273. The number of hydrogen-bond acceptors (Lipinski definition) is 5. The van der Waals surface area contributed by atoms with E-state index in [9.17, 15) is 19.2 Å². The highest BCUT2D eigenvalue weighted by Crippen LogP contribution is 2.24. The molecule has 0 saturated carbocycles. The molecule has 2 aromatic carbocycles.